The van der Waals surface area contributed by atoms with Crippen molar-refractivity contribution in [1.29, 1.82) is 0 Å². The van der Waals surface area contributed by atoms with Crippen LogP contribution in [0.3, 0.4) is 0 Å². The van der Waals surface area contributed by atoms with E-state index in [0.29, 0.717) is 18.3 Å². The van der Waals surface area contributed by atoms with Crippen LogP contribution in [0, 0.1) is 5.41 Å². The van der Waals surface area contributed by atoms with Crippen molar-refractivity contribution >= 4 is 31.9 Å². The van der Waals surface area contributed by atoms with Gasteiger partial charge in [-0.25, -0.2) is 8.42 Å². The summed E-state index contributed by atoms with van der Waals surface area (Å²) in [7, 11) is -2.26. The highest BCUT2D eigenvalue weighted by Crippen LogP contribution is 2.34. The first-order valence-corrected chi connectivity index (χ1v) is 9.13. The number of esters is 1. The number of hydrogen-bond acceptors (Lipinski definition) is 4. The summed E-state index contributed by atoms with van der Waals surface area (Å²) in [6, 6.07) is 6.81. The third-order valence-electron chi connectivity index (χ3n) is 3.81. The van der Waals surface area contributed by atoms with Crippen molar-refractivity contribution < 1.29 is 17.9 Å². The fraction of sp³-hybridized carbons (Fsp3) is 0.500. The number of carbonyl (C=O) groups excluding carboxylic acids is 1. The summed E-state index contributed by atoms with van der Waals surface area (Å²) in [5, 5.41) is 0.593. The zero-order chi connectivity index (χ0) is 15.7. The van der Waals surface area contributed by atoms with Gasteiger partial charge in [-0.3, -0.25) is 4.79 Å². The molecule has 1 aliphatic heterocycles. The lowest BCUT2D eigenvalue weighted by Gasteiger charge is -2.21. The van der Waals surface area contributed by atoms with E-state index in [1.54, 1.807) is 25.1 Å². The van der Waals surface area contributed by atoms with Gasteiger partial charge >= 0.3 is 5.97 Å². The van der Waals surface area contributed by atoms with Crippen molar-refractivity contribution in [3.8, 4) is 0 Å². The van der Waals surface area contributed by atoms with Gasteiger partial charge in [0.2, 0.25) is 10.0 Å². The summed E-state index contributed by atoms with van der Waals surface area (Å²) in [4.78, 5) is 12.1. The van der Waals surface area contributed by atoms with Gasteiger partial charge in [0.25, 0.3) is 0 Å². The minimum absolute atomic E-state index is 0.153. The van der Waals surface area contributed by atoms with Crippen LogP contribution < -0.4 is 0 Å². The Hall–Kier alpha value is -0.920. The number of hydrogen-bond donors (Lipinski definition) is 0. The maximum absolute atomic E-state index is 12.7. The molecule has 1 aromatic carbocycles. The summed E-state index contributed by atoms with van der Waals surface area (Å²) < 4.78 is 31.5. The molecule has 21 heavy (non-hydrogen) atoms. The van der Waals surface area contributed by atoms with Crippen molar-refractivity contribution in [1.82, 2.24) is 4.31 Å². The fourth-order valence-corrected chi connectivity index (χ4v) is 4.46. The lowest BCUT2D eigenvalue weighted by Crippen LogP contribution is -2.35. The van der Waals surface area contributed by atoms with Crippen LogP contribution in [0.15, 0.2) is 29.2 Å². The zero-order valence-corrected chi connectivity index (χ0v) is 14.4. The van der Waals surface area contributed by atoms with Gasteiger partial charge in [0.1, 0.15) is 0 Å². The highest BCUT2D eigenvalue weighted by molar-refractivity contribution is 9.08. The molecular weight excluding hydrogens is 358 g/mol. The molecule has 0 aliphatic carbocycles. The molecule has 116 valence electrons. The van der Waals surface area contributed by atoms with Crippen LogP contribution in [0.2, 0.25) is 0 Å². The lowest BCUT2D eigenvalue weighted by molar-refractivity contribution is -0.150. The van der Waals surface area contributed by atoms with E-state index < -0.39 is 15.4 Å². The minimum Gasteiger partial charge on any atom is -0.469 e. The molecule has 0 N–H and O–H groups in total. The Morgan fingerprint density at radius 3 is 2.81 bits per heavy atom. The first-order chi connectivity index (χ1) is 9.83. The number of rotatable bonds is 4. The smallest absolute Gasteiger partial charge is 0.312 e. The van der Waals surface area contributed by atoms with Gasteiger partial charge in [-0.2, -0.15) is 4.31 Å². The van der Waals surface area contributed by atoms with Gasteiger partial charge in [-0.05, 0) is 31.0 Å². The molecule has 0 amide bonds. The molecule has 1 aromatic rings. The summed E-state index contributed by atoms with van der Waals surface area (Å²) in [5.41, 5.74) is 0.125. The van der Waals surface area contributed by atoms with Crippen LogP contribution in [-0.2, 0) is 24.9 Å². The van der Waals surface area contributed by atoms with Crippen molar-refractivity contribution in [2.45, 2.75) is 23.6 Å². The number of halogens is 1. The third-order valence-corrected chi connectivity index (χ3v) is 6.30. The van der Waals surface area contributed by atoms with E-state index in [1.807, 2.05) is 6.07 Å². The number of benzene rings is 1. The highest BCUT2D eigenvalue weighted by atomic mass is 79.9. The number of alkyl halides is 1. The standard InChI is InChI=1S/C14H18BrNO4S/c1-14(13(17)20-2)6-7-16(10-14)21(18,19)12-5-3-4-11(8-12)9-15/h3-5,8H,6-7,9-10H2,1-2H3. The second-order valence-corrected chi connectivity index (χ2v) is 7.92. The summed E-state index contributed by atoms with van der Waals surface area (Å²) in [5.74, 6) is -0.366. The summed E-state index contributed by atoms with van der Waals surface area (Å²) >= 11 is 3.32. The Bertz CT molecular complexity index is 646. The molecular formula is C14H18BrNO4S. The van der Waals surface area contributed by atoms with Crippen molar-refractivity contribution in [3.63, 3.8) is 0 Å². The number of nitrogens with zero attached hydrogens (tertiary/aromatic N) is 1. The molecule has 1 heterocycles. The van der Waals surface area contributed by atoms with E-state index in [-0.39, 0.29) is 17.4 Å². The van der Waals surface area contributed by atoms with E-state index in [0.717, 1.165) is 5.56 Å². The average molecular weight is 376 g/mol. The maximum Gasteiger partial charge on any atom is 0.312 e. The van der Waals surface area contributed by atoms with Gasteiger partial charge < -0.3 is 4.74 Å². The quantitative estimate of drug-likeness (QED) is 0.597. The van der Waals surface area contributed by atoms with E-state index in [9.17, 15) is 13.2 Å². The number of carbonyl (C=O) groups is 1. The second-order valence-electron chi connectivity index (χ2n) is 5.42. The monoisotopic (exact) mass is 375 g/mol. The van der Waals surface area contributed by atoms with Crippen molar-refractivity contribution in [2.24, 2.45) is 5.41 Å². The molecule has 1 unspecified atom stereocenters. The molecule has 0 saturated carbocycles. The molecule has 0 bridgehead atoms. The van der Waals surface area contributed by atoms with E-state index >= 15 is 0 Å². The first kappa shape index (κ1) is 16.5. The van der Waals surface area contributed by atoms with Crippen LogP contribution >= 0.6 is 15.9 Å². The fourth-order valence-electron chi connectivity index (χ4n) is 2.48. The Morgan fingerprint density at radius 1 is 1.48 bits per heavy atom. The molecule has 0 spiro atoms. The Labute approximate surface area is 133 Å². The molecule has 1 fully saturated rings. The average Bonchev–Trinajstić information content (AvgIpc) is 2.91. The van der Waals surface area contributed by atoms with Gasteiger partial charge in [-0.15, -0.1) is 0 Å². The summed E-state index contributed by atoms with van der Waals surface area (Å²) in [6.45, 7) is 2.22. The predicted octanol–water partition coefficient (Wildman–Crippen LogP) is 2.16. The number of ether oxygens (including phenoxy) is 1. The molecule has 5 nitrogen and oxygen atoms in total. The van der Waals surface area contributed by atoms with Crippen LogP contribution in [-0.4, -0.2) is 38.9 Å². The van der Waals surface area contributed by atoms with E-state index in [4.69, 9.17) is 4.74 Å². The Balaban J connectivity index is 2.27. The molecule has 0 radical (unpaired) electrons. The number of methoxy groups -OCH3 is 1. The van der Waals surface area contributed by atoms with Crippen LogP contribution in [0.25, 0.3) is 0 Å². The van der Waals surface area contributed by atoms with Gasteiger partial charge in [0.15, 0.2) is 0 Å². The molecule has 1 saturated heterocycles. The SMILES string of the molecule is COC(=O)C1(C)CCN(S(=O)(=O)c2cccc(CBr)c2)C1. The normalized spacial score (nSPS) is 23.2. The van der Waals surface area contributed by atoms with Crippen molar-refractivity contribution in [2.75, 3.05) is 20.2 Å². The van der Waals surface area contributed by atoms with Gasteiger partial charge in [-0.1, -0.05) is 28.1 Å². The van der Waals surface area contributed by atoms with Crippen LogP contribution in [0.1, 0.15) is 18.9 Å². The molecule has 1 atom stereocenters. The minimum atomic E-state index is -3.58. The van der Waals surface area contributed by atoms with Gasteiger partial charge in [0.05, 0.1) is 17.4 Å². The molecule has 0 aromatic heterocycles. The van der Waals surface area contributed by atoms with Crippen LogP contribution in [0.4, 0.5) is 0 Å². The number of sulfonamides is 1. The highest BCUT2D eigenvalue weighted by Gasteiger charge is 2.45. The lowest BCUT2D eigenvalue weighted by atomic mass is 9.90. The maximum atomic E-state index is 12.7. The van der Waals surface area contributed by atoms with E-state index in [1.165, 1.54) is 11.4 Å². The largest absolute Gasteiger partial charge is 0.469 e. The predicted molar refractivity (Wildman–Crippen MR) is 82.6 cm³/mol. The van der Waals surface area contributed by atoms with Crippen LogP contribution in [0.5, 0.6) is 0 Å². The first-order valence-electron chi connectivity index (χ1n) is 6.57. The van der Waals surface area contributed by atoms with Crippen molar-refractivity contribution in [3.05, 3.63) is 29.8 Å². The third kappa shape index (κ3) is 3.14. The Morgan fingerprint density at radius 2 is 2.19 bits per heavy atom. The van der Waals surface area contributed by atoms with E-state index in [2.05, 4.69) is 15.9 Å². The Kier molecular flexibility index (Phi) is 4.75. The second kappa shape index (κ2) is 6.06. The molecule has 2 rings (SSSR count). The molecule has 1 aliphatic rings. The topological polar surface area (TPSA) is 63.7 Å². The summed E-state index contributed by atoms with van der Waals surface area (Å²) in [6.07, 6.45) is 0.469. The zero-order valence-electron chi connectivity index (χ0n) is 12.0. The molecule has 7 heteroatoms. The van der Waals surface area contributed by atoms with Gasteiger partial charge in [0, 0.05) is 18.4 Å².